The monoisotopic (exact) mass is 394 g/mol. The molecule has 108 valence electrons. The zero-order valence-electron chi connectivity index (χ0n) is 11.5. The molecule has 0 bridgehead atoms. The molecule has 0 aliphatic carbocycles. The van der Waals surface area contributed by atoms with Crippen LogP contribution in [0.5, 0.6) is 5.75 Å². The molecule has 0 heterocycles. The topological polar surface area (TPSA) is 50.7 Å². The minimum absolute atomic E-state index is 0.250. The van der Waals surface area contributed by atoms with Gasteiger partial charge in [-0.1, -0.05) is 18.2 Å². The van der Waals surface area contributed by atoms with Gasteiger partial charge in [0, 0.05) is 14.7 Å². The maximum Gasteiger partial charge on any atom is 0.271 e. The number of benzene rings is 2. The third kappa shape index (κ3) is 4.56. The SMILES string of the molecule is CCOc1ccc(C(=O)N/N=C/c2ccccc2I)cc1. The fraction of sp³-hybridized carbons (Fsp3) is 0.125. The fourth-order valence-corrected chi connectivity index (χ4v) is 2.20. The van der Waals surface area contributed by atoms with E-state index in [9.17, 15) is 4.79 Å². The number of carbonyl (C=O) groups excluding carboxylic acids is 1. The zero-order chi connectivity index (χ0) is 15.1. The van der Waals surface area contributed by atoms with Crippen LogP contribution in [0, 0.1) is 3.57 Å². The summed E-state index contributed by atoms with van der Waals surface area (Å²) >= 11 is 2.22. The van der Waals surface area contributed by atoms with Gasteiger partial charge in [-0.3, -0.25) is 4.79 Å². The Bertz CT molecular complexity index is 639. The number of hydrogen-bond donors (Lipinski definition) is 1. The van der Waals surface area contributed by atoms with Crippen LogP contribution in [0.1, 0.15) is 22.8 Å². The summed E-state index contributed by atoms with van der Waals surface area (Å²) in [5.41, 5.74) is 4.02. The average molecular weight is 394 g/mol. The van der Waals surface area contributed by atoms with Crippen molar-refractivity contribution in [3.05, 3.63) is 63.2 Å². The van der Waals surface area contributed by atoms with Crippen molar-refractivity contribution in [3.63, 3.8) is 0 Å². The largest absolute Gasteiger partial charge is 0.494 e. The summed E-state index contributed by atoms with van der Waals surface area (Å²) in [5.74, 6) is 0.497. The van der Waals surface area contributed by atoms with Crippen LogP contribution in [0.25, 0.3) is 0 Å². The summed E-state index contributed by atoms with van der Waals surface area (Å²) in [7, 11) is 0. The van der Waals surface area contributed by atoms with Gasteiger partial charge in [0.05, 0.1) is 12.8 Å². The standard InChI is InChI=1S/C16H15IN2O2/c1-2-21-14-9-7-12(8-10-14)16(20)19-18-11-13-5-3-4-6-15(13)17/h3-11H,2H2,1H3,(H,19,20)/b18-11+. The highest BCUT2D eigenvalue weighted by Gasteiger charge is 2.04. The summed E-state index contributed by atoms with van der Waals surface area (Å²) in [6.07, 6.45) is 1.63. The van der Waals surface area contributed by atoms with Crippen LogP contribution in [-0.2, 0) is 0 Å². The fourth-order valence-electron chi connectivity index (χ4n) is 1.67. The van der Waals surface area contributed by atoms with E-state index >= 15 is 0 Å². The minimum Gasteiger partial charge on any atom is -0.494 e. The van der Waals surface area contributed by atoms with Crippen LogP contribution in [0.4, 0.5) is 0 Å². The van der Waals surface area contributed by atoms with Crippen LogP contribution in [0.15, 0.2) is 53.6 Å². The first-order chi connectivity index (χ1) is 10.2. The molecule has 2 rings (SSSR count). The molecule has 0 aliphatic rings. The van der Waals surface area contributed by atoms with Gasteiger partial charge in [0.15, 0.2) is 0 Å². The molecule has 1 amide bonds. The normalized spacial score (nSPS) is 10.6. The van der Waals surface area contributed by atoms with Crippen molar-refractivity contribution in [2.24, 2.45) is 5.10 Å². The number of rotatable bonds is 5. The third-order valence-corrected chi connectivity index (χ3v) is 3.68. The Balaban J connectivity index is 1.97. The molecule has 0 fully saturated rings. The first-order valence-corrected chi connectivity index (χ1v) is 7.59. The Kier molecular flexibility index (Phi) is 5.74. The lowest BCUT2D eigenvalue weighted by Crippen LogP contribution is -2.17. The van der Waals surface area contributed by atoms with E-state index in [1.807, 2.05) is 31.2 Å². The predicted octanol–water partition coefficient (Wildman–Crippen LogP) is 3.45. The van der Waals surface area contributed by atoms with E-state index in [4.69, 9.17) is 4.74 Å². The molecule has 0 saturated carbocycles. The number of nitrogens with one attached hydrogen (secondary N) is 1. The van der Waals surface area contributed by atoms with Crippen LogP contribution in [0.3, 0.4) is 0 Å². The van der Waals surface area contributed by atoms with E-state index in [0.717, 1.165) is 14.9 Å². The highest BCUT2D eigenvalue weighted by Crippen LogP contribution is 2.12. The van der Waals surface area contributed by atoms with E-state index in [1.54, 1.807) is 30.5 Å². The number of ether oxygens (including phenoxy) is 1. The van der Waals surface area contributed by atoms with Crippen molar-refractivity contribution in [2.45, 2.75) is 6.92 Å². The molecule has 0 radical (unpaired) electrons. The summed E-state index contributed by atoms with van der Waals surface area (Å²) in [6.45, 7) is 2.52. The molecule has 2 aromatic carbocycles. The average Bonchev–Trinajstić information content (AvgIpc) is 2.50. The molecule has 0 spiro atoms. The van der Waals surface area contributed by atoms with E-state index in [1.165, 1.54) is 0 Å². The van der Waals surface area contributed by atoms with Gasteiger partial charge in [-0.25, -0.2) is 5.43 Å². The van der Waals surface area contributed by atoms with E-state index < -0.39 is 0 Å². The Labute approximate surface area is 137 Å². The lowest BCUT2D eigenvalue weighted by molar-refractivity contribution is 0.0955. The summed E-state index contributed by atoms with van der Waals surface area (Å²) < 4.78 is 6.41. The van der Waals surface area contributed by atoms with Crippen LogP contribution in [0.2, 0.25) is 0 Å². The van der Waals surface area contributed by atoms with Gasteiger partial charge in [0.2, 0.25) is 0 Å². The van der Waals surface area contributed by atoms with Gasteiger partial charge in [0.25, 0.3) is 5.91 Å². The Morgan fingerprint density at radius 2 is 1.95 bits per heavy atom. The first kappa shape index (κ1) is 15.5. The molecule has 0 aromatic heterocycles. The second kappa shape index (κ2) is 7.78. The molecule has 0 atom stereocenters. The van der Waals surface area contributed by atoms with Gasteiger partial charge < -0.3 is 4.74 Å². The molecular weight excluding hydrogens is 379 g/mol. The summed E-state index contributed by atoms with van der Waals surface area (Å²) in [5, 5.41) is 3.98. The zero-order valence-corrected chi connectivity index (χ0v) is 13.7. The Morgan fingerprint density at radius 1 is 1.24 bits per heavy atom. The van der Waals surface area contributed by atoms with Gasteiger partial charge in [0.1, 0.15) is 5.75 Å². The highest BCUT2D eigenvalue weighted by atomic mass is 127. The first-order valence-electron chi connectivity index (χ1n) is 6.51. The molecule has 1 N–H and O–H groups in total. The van der Waals surface area contributed by atoms with Crippen molar-refractivity contribution < 1.29 is 9.53 Å². The number of carbonyl (C=O) groups is 1. The molecule has 0 aliphatic heterocycles. The van der Waals surface area contributed by atoms with E-state index in [2.05, 4.69) is 33.1 Å². The maximum atomic E-state index is 11.9. The van der Waals surface area contributed by atoms with Crippen LogP contribution >= 0.6 is 22.6 Å². The second-order valence-electron chi connectivity index (χ2n) is 4.18. The maximum absolute atomic E-state index is 11.9. The summed E-state index contributed by atoms with van der Waals surface area (Å²) in [4.78, 5) is 11.9. The molecule has 0 unspecified atom stereocenters. The number of nitrogens with zero attached hydrogens (tertiary/aromatic N) is 1. The van der Waals surface area contributed by atoms with Crippen LogP contribution in [-0.4, -0.2) is 18.7 Å². The van der Waals surface area contributed by atoms with Crippen molar-refractivity contribution in [3.8, 4) is 5.75 Å². The predicted molar refractivity (Wildman–Crippen MR) is 91.8 cm³/mol. The van der Waals surface area contributed by atoms with Crippen molar-refractivity contribution in [1.82, 2.24) is 5.43 Å². The molecular formula is C16H15IN2O2. The highest BCUT2D eigenvalue weighted by molar-refractivity contribution is 14.1. The lowest BCUT2D eigenvalue weighted by Gasteiger charge is -2.04. The van der Waals surface area contributed by atoms with Crippen LogP contribution < -0.4 is 10.2 Å². The van der Waals surface area contributed by atoms with Crippen molar-refractivity contribution >= 4 is 34.7 Å². The molecule has 5 heteroatoms. The number of halogens is 1. The quantitative estimate of drug-likeness (QED) is 0.480. The molecule has 0 saturated heterocycles. The smallest absolute Gasteiger partial charge is 0.271 e. The number of hydrogen-bond acceptors (Lipinski definition) is 3. The minimum atomic E-state index is -0.250. The number of amides is 1. The van der Waals surface area contributed by atoms with Gasteiger partial charge in [-0.2, -0.15) is 5.10 Å². The molecule has 21 heavy (non-hydrogen) atoms. The van der Waals surface area contributed by atoms with Crippen molar-refractivity contribution in [2.75, 3.05) is 6.61 Å². The second-order valence-corrected chi connectivity index (χ2v) is 5.34. The Hall–Kier alpha value is -1.89. The van der Waals surface area contributed by atoms with Gasteiger partial charge in [-0.15, -0.1) is 0 Å². The lowest BCUT2D eigenvalue weighted by atomic mass is 10.2. The molecule has 4 nitrogen and oxygen atoms in total. The Morgan fingerprint density at radius 3 is 2.62 bits per heavy atom. The van der Waals surface area contributed by atoms with Crippen molar-refractivity contribution in [1.29, 1.82) is 0 Å². The third-order valence-electron chi connectivity index (χ3n) is 2.70. The van der Waals surface area contributed by atoms with Gasteiger partial charge in [-0.05, 0) is 59.8 Å². The van der Waals surface area contributed by atoms with E-state index in [-0.39, 0.29) is 5.91 Å². The summed E-state index contributed by atoms with van der Waals surface area (Å²) in [6, 6.07) is 14.8. The molecule has 2 aromatic rings. The van der Waals surface area contributed by atoms with Gasteiger partial charge >= 0.3 is 0 Å². The number of hydrazone groups is 1. The van der Waals surface area contributed by atoms with E-state index in [0.29, 0.717) is 12.2 Å².